The second-order valence-electron chi connectivity index (χ2n) is 1.84. The van der Waals surface area contributed by atoms with Gasteiger partial charge in [-0.2, -0.15) is 0 Å². The Hall–Kier alpha value is -0.740. The summed E-state index contributed by atoms with van der Waals surface area (Å²) in [5, 5.41) is 0. The van der Waals surface area contributed by atoms with E-state index in [1.807, 2.05) is 4.98 Å². The molecule has 0 aliphatic carbocycles. The minimum atomic E-state index is -0.884. The number of nitrogens with one attached hydrogen (secondary N) is 2. The highest BCUT2D eigenvalue weighted by atomic mass is 35.5. The molecule has 0 fully saturated rings. The standard InChI is InChI=1S/C5H4Cl2N2O2/c6-4(7)2-1-3(10)9-5(11)8-2/h1,4H,(H2,8,9,10,11). The van der Waals surface area contributed by atoms with Gasteiger partial charge in [0.15, 0.2) is 0 Å². The van der Waals surface area contributed by atoms with Crippen LogP contribution in [0.25, 0.3) is 0 Å². The van der Waals surface area contributed by atoms with Gasteiger partial charge in [0.1, 0.15) is 4.84 Å². The lowest BCUT2D eigenvalue weighted by atomic mass is 10.4. The van der Waals surface area contributed by atoms with Crippen molar-refractivity contribution in [2.24, 2.45) is 0 Å². The van der Waals surface area contributed by atoms with Gasteiger partial charge in [-0.15, -0.1) is 0 Å². The van der Waals surface area contributed by atoms with E-state index in [-0.39, 0.29) is 5.69 Å². The number of halogens is 2. The molecule has 60 valence electrons. The van der Waals surface area contributed by atoms with E-state index in [2.05, 4.69) is 4.98 Å². The van der Waals surface area contributed by atoms with Crippen LogP contribution >= 0.6 is 23.2 Å². The molecule has 0 bridgehead atoms. The van der Waals surface area contributed by atoms with E-state index in [1.165, 1.54) is 0 Å². The molecule has 1 heterocycles. The topological polar surface area (TPSA) is 65.7 Å². The number of aromatic nitrogens is 2. The summed E-state index contributed by atoms with van der Waals surface area (Å²) in [6.45, 7) is 0. The number of alkyl halides is 2. The van der Waals surface area contributed by atoms with Crippen LogP contribution in [0.2, 0.25) is 0 Å². The second-order valence-corrected chi connectivity index (χ2v) is 2.94. The van der Waals surface area contributed by atoms with Crippen molar-refractivity contribution in [2.45, 2.75) is 4.84 Å². The van der Waals surface area contributed by atoms with Crippen molar-refractivity contribution in [1.82, 2.24) is 9.97 Å². The summed E-state index contributed by atoms with van der Waals surface area (Å²) in [6, 6.07) is 1.13. The van der Waals surface area contributed by atoms with Gasteiger partial charge in [0.25, 0.3) is 5.56 Å². The summed E-state index contributed by atoms with van der Waals surface area (Å²) < 4.78 is 0. The SMILES string of the molecule is O=c1cc(C(Cl)Cl)[nH]c(=O)[nH]1. The zero-order chi connectivity index (χ0) is 8.43. The average molecular weight is 195 g/mol. The molecule has 1 aromatic rings. The zero-order valence-corrected chi connectivity index (χ0v) is 6.74. The first-order valence-electron chi connectivity index (χ1n) is 2.71. The van der Waals surface area contributed by atoms with Crippen molar-refractivity contribution in [3.8, 4) is 0 Å². The molecule has 4 nitrogen and oxygen atoms in total. The molecule has 0 unspecified atom stereocenters. The average Bonchev–Trinajstić information content (AvgIpc) is 1.85. The van der Waals surface area contributed by atoms with Crippen LogP contribution in [0.15, 0.2) is 15.7 Å². The molecule has 1 aromatic heterocycles. The molecule has 0 saturated carbocycles. The number of aromatic amines is 2. The first kappa shape index (κ1) is 8.36. The van der Waals surface area contributed by atoms with Crippen LogP contribution in [0.3, 0.4) is 0 Å². The van der Waals surface area contributed by atoms with E-state index in [1.54, 1.807) is 0 Å². The van der Waals surface area contributed by atoms with E-state index in [0.29, 0.717) is 0 Å². The molecular weight excluding hydrogens is 191 g/mol. The monoisotopic (exact) mass is 194 g/mol. The van der Waals surface area contributed by atoms with Crippen LogP contribution in [-0.2, 0) is 0 Å². The molecule has 2 N–H and O–H groups in total. The summed E-state index contributed by atoms with van der Waals surface area (Å²) in [5.41, 5.74) is -0.934. The molecule has 0 aliphatic heterocycles. The van der Waals surface area contributed by atoms with Gasteiger partial charge in [0.05, 0.1) is 5.69 Å². The Bertz CT molecular complexity index is 326. The van der Waals surface area contributed by atoms with Crippen LogP contribution in [0.5, 0.6) is 0 Å². The summed E-state index contributed by atoms with van der Waals surface area (Å²) >= 11 is 10.8. The van der Waals surface area contributed by atoms with Crippen LogP contribution in [0, 0.1) is 0 Å². The summed E-state index contributed by atoms with van der Waals surface area (Å²) in [4.78, 5) is 24.6. The molecule has 0 saturated heterocycles. The maximum atomic E-state index is 10.6. The molecule has 6 heteroatoms. The van der Waals surface area contributed by atoms with Crippen molar-refractivity contribution in [3.05, 3.63) is 32.6 Å². The minimum absolute atomic E-state index is 0.196. The van der Waals surface area contributed by atoms with Crippen LogP contribution < -0.4 is 11.2 Å². The normalized spacial score (nSPS) is 10.5. The Morgan fingerprint density at radius 1 is 1.27 bits per heavy atom. The first-order chi connectivity index (χ1) is 5.09. The molecule has 0 aromatic carbocycles. The van der Waals surface area contributed by atoms with Crippen molar-refractivity contribution >= 4 is 23.2 Å². The van der Waals surface area contributed by atoms with E-state index in [4.69, 9.17) is 23.2 Å². The highest BCUT2D eigenvalue weighted by molar-refractivity contribution is 6.43. The van der Waals surface area contributed by atoms with Gasteiger partial charge in [-0.25, -0.2) is 4.79 Å². The Kier molecular flexibility index (Phi) is 2.36. The summed E-state index contributed by atoms with van der Waals surface area (Å²) in [6.07, 6.45) is 0. The summed E-state index contributed by atoms with van der Waals surface area (Å²) in [5.74, 6) is 0. The highest BCUT2D eigenvalue weighted by Crippen LogP contribution is 2.19. The van der Waals surface area contributed by atoms with E-state index in [0.717, 1.165) is 6.07 Å². The van der Waals surface area contributed by atoms with Crippen LogP contribution in [-0.4, -0.2) is 9.97 Å². The third-order valence-electron chi connectivity index (χ3n) is 1.02. The van der Waals surface area contributed by atoms with Crippen molar-refractivity contribution in [3.63, 3.8) is 0 Å². The van der Waals surface area contributed by atoms with Gasteiger partial charge >= 0.3 is 5.69 Å². The number of rotatable bonds is 1. The van der Waals surface area contributed by atoms with Crippen LogP contribution in [0.1, 0.15) is 10.5 Å². The number of hydrogen-bond donors (Lipinski definition) is 2. The fourth-order valence-electron chi connectivity index (χ4n) is 0.605. The zero-order valence-electron chi connectivity index (χ0n) is 5.23. The Balaban J connectivity index is 3.30. The lowest BCUT2D eigenvalue weighted by Crippen LogP contribution is -2.22. The molecule has 1 rings (SSSR count). The Morgan fingerprint density at radius 3 is 2.36 bits per heavy atom. The molecule has 0 amide bonds. The third kappa shape index (κ3) is 2.10. The van der Waals surface area contributed by atoms with Gasteiger partial charge in [-0.1, -0.05) is 23.2 Å². The maximum Gasteiger partial charge on any atom is 0.325 e. The molecular formula is C5H4Cl2N2O2. The van der Waals surface area contributed by atoms with Gasteiger partial charge in [0, 0.05) is 6.07 Å². The Labute approximate surface area is 71.2 Å². The lowest BCUT2D eigenvalue weighted by molar-refractivity contribution is 0.976. The van der Waals surface area contributed by atoms with Crippen molar-refractivity contribution in [1.29, 1.82) is 0 Å². The molecule has 0 radical (unpaired) electrons. The van der Waals surface area contributed by atoms with Crippen molar-refractivity contribution < 1.29 is 0 Å². The molecule has 0 atom stereocenters. The molecule has 11 heavy (non-hydrogen) atoms. The highest BCUT2D eigenvalue weighted by Gasteiger charge is 2.04. The van der Waals surface area contributed by atoms with E-state index < -0.39 is 16.1 Å². The van der Waals surface area contributed by atoms with E-state index in [9.17, 15) is 9.59 Å². The first-order valence-corrected chi connectivity index (χ1v) is 3.58. The van der Waals surface area contributed by atoms with Gasteiger partial charge in [0.2, 0.25) is 0 Å². The fourth-order valence-corrected chi connectivity index (χ4v) is 0.840. The summed E-state index contributed by atoms with van der Waals surface area (Å²) in [7, 11) is 0. The maximum absolute atomic E-state index is 10.6. The Morgan fingerprint density at radius 2 is 1.91 bits per heavy atom. The van der Waals surface area contributed by atoms with Gasteiger partial charge in [-0.3, -0.25) is 9.78 Å². The smallest absolute Gasteiger partial charge is 0.308 e. The largest absolute Gasteiger partial charge is 0.325 e. The third-order valence-corrected chi connectivity index (χ3v) is 1.49. The van der Waals surface area contributed by atoms with Crippen molar-refractivity contribution in [2.75, 3.05) is 0 Å². The lowest BCUT2D eigenvalue weighted by Gasteiger charge is -1.97. The van der Waals surface area contributed by atoms with Gasteiger partial charge in [-0.05, 0) is 0 Å². The number of hydrogen-bond acceptors (Lipinski definition) is 2. The predicted octanol–water partition coefficient (Wildman–Crippen LogP) is 0.539. The molecule has 0 spiro atoms. The second kappa shape index (κ2) is 3.11. The fraction of sp³-hybridized carbons (Fsp3) is 0.200. The predicted molar refractivity (Wildman–Crippen MR) is 42.1 cm³/mol. The van der Waals surface area contributed by atoms with Crippen LogP contribution in [0.4, 0.5) is 0 Å². The van der Waals surface area contributed by atoms with E-state index >= 15 is 0 Å². The van der Waals surface area contributed by atoms with Gasteiger partial charge < -0.3 is 4.98 Å². The number of H-pyrrole nitrogens is 2. The quantitative estimate of drug-likeness (QED) is 0.642. The minimum Gasteiger partial charge on any atom is -0.308 e. The molecule has 0 aliphatic rings.